The van der Waals surface area contributed by atoms with E-state index < -0.39 is 0 Å². The zero-order valence-corrected chi connectivity index (χ0v) is 4.68. The Morgan fingerprint density at radius 1 is 1.75 bits per heavy atom. The fraction of sp³-hybridized carbons (Fsp3) is 0.750. The highest BCUT2D eigenvalue weighted by molar-refractivity contribution is 4.66. The predicted molar refractivity (Wildman–Crippen MR) is 26.3 cm³/mol. The minimum atomic E-state index is 0.303. The summed E-state index contributed by atoms with van der Waals surface area (Å²) in [6.45, 7) is 0.303. The van der Waals surface area contributed by atoms with Gasteiger partial charge >= 0.3 is 0 Å². The summed E-state index contributed by atoms with van der Waals surface area (Å²) in [5.74, 6) is 0. The lowest BCUT2D eigenvalue weighted by atomic mass is 10.5. The summed E-state index contributed by atoms with van der Waals surface area (Å²) in [5.41, 5.74) is 2.29. The van der Waals surface area contributed by atoms with Crippen molar-refractivity contribution < 1.29 is 9.88 Å². The maximum atomic E-state index is 7.96. The molecule has 0 aromatic heterocycles. The molecule has 0 aromatic carbocycles. The molecule has 0 atom stereocenters. The van der Waals surface area contributed by atoms with Crippen LogP contribution >= 0.6 is 0 Å². The van der Waals surface area contributed by atoms with Crippen molar-refractivity contribution in [2.24, 2.45) is 0 Å². The third-order valence-corrected chi connectivity index (χ3v) is 0.439. The van der Waals surface area contributed by atoms with Gasteiger partial charge in [-0.2, -0.15) is 10.7 Å². The Morgan fingerprint density at radius 2 is 2.50 bits per heavy atom. The van der Waals surface area contributed by atoms with Gasteiger partial charge in [0.05, 0.1) is 19.1 Å². The van der Waals surface area contributed by atoms with E-state index in [1.807, 2.05) is 6.07 Å². The number of nitrogens with zero attached hydrogens (tertiary/aromatic N) is 1. The molecule has 0 unspecified atom stereocenters. The fourth-order valence-corrected chi connectivity index (χ4v) is 0.188. The Labute approximate surface area is 47.9 Å². The maximum absolute atomic E-state index is 7.96. The molecule has 0 aliphatic rings. The van der Waals surface area contributed by atoms with Crippen molar-refractivity contribution in [3.05, 3.63) is 0 Å². The summed E-state index contributed by atoms with van der Waals surface area (Å²) in [4.78, 5) is 8.62. The zero-order chi connectivity index (χ0) is 6.24. The molecule has 0 aliphatic carbocycles. The summed E-state index contributed by atoms with van der Waals surface area (Å²) < 4.78 is 0. The molecular weight excluding hydrogens is 108 g/mol. The lowest BCUT2D eigenvalue weighted by Gasteiger charge is -1.94. The van der Waals surface area contributed by atoms with E-state index in [0.29, 0.717) is 13.0 Å². The van der Waals surface area contributed by atoms with Crippen molar-refractivity contribution in [3.63, 3.8) is 0 Å². The van der Waals surface area contributed by atoms with Gasteiger partial charge in [0.25, 0.3) is 0 Å². The predicted octanol–water partition coefficient (Wildman–Crippen LogP) is -0.0173. The molecule has 1 N–H and O–H groups in total. The van der Waals surface area contributed by atoms with Crippen molar-refractivity contribution >= 4 is 0 Å². The fourth-order valence-electron chi connectivity index (χ4n) is 0.188. The van der Waals surface area contributed by atoms with Crippen molar-refractivity contribution in [2.45, 2.75) is 6.42 Å². The van der Waals surface area contributed by atoms with E-state index >= 15 is 0 Å². The first kappa shape index (κ1) is 7.37. The molecule has 0 aliphatic heterocycles. The molecule has 0 rings (SSSR count). The van der Waals surface area contributed by atoms with E-state index in [1.54, 1.807) is 7.05 Å². The van der Waals surface area contributed by atoms with Crippen molar-refractivity contribution in [1.29, 1.82) is 5.26 Å². The van der Waals surface area contributed by atoms with E-state index in [1.165, 1.54) is 0 Å². The van der Waals surface area contributed by atoms with Crippen molar-refractivity contribution in [1.82, 2.24) is 5.48 Å². The van der Waals surface area contributed by atoms with Crippen LogP contribution in [0.25, 0.3) is 0 Å². The second-order valence-corrected chi connectivity index (χ2v) is 1.02. The van der Waals surface area contributed by atoms with Gasteiger partial charge < -0.3 is 0 Å². The number of hydroxylamine groups is 1. The van der Waals surface area contributed by atoms with Crippen LogP contribution < -0.4 is 5.48 Å². The second kappa shape index (κ2) is 6.37. The Bertz CT molecular complexity index is 78.6. The minimum absolute atomic E-state index is 0.303. The minimum Gasteiger partial charge on any atom is -0.217 e. The Morgan fingerprint density at radius 3 is 3.00 bits per heavy atom. The smallest absolute Gasteiger partial charge is 0.0972 e. The Balaban J connectivity index is 2.65. The van der Waals surface area contributed by atoms with Gasteiger partial charge in [-0.25, -0.2) is 4.89 Å². The monoisotopic (exact) mass is 116 g/mol. The van der Waals surface area contributed by atoms with Crippen LogP contribution in [0.4, 0.5) is 0 Å². The van der Waals surface area contributed by atoms with Gasteiger partial charge in [0, 0.05) is 7.05 Å². The number of hydrogen-bond donors (Lipinski definition) is 1. The Hall–Kier alpha value is -0.630. The van der Waals surface area contributed by atoms with E-state index in [2.05, 4.69) is 15.4 Å². The second-order valence-electron chi connectivity index (χ2n) is 1.02. The molecule has 0 aromatic rings. The molecule has 0 fully saturated rings. The first-order valence-electron chi connectivity index (χ1n) is 2.24. The van der Waals surface area contributed by atoms with E-state index in [4.69, 9.17) is 5.26 Å². The highest BCUT2D eigenvalue weighted by Crippen LogP contribution is 1.76. The first-order chi connectivity index (χ1) is 3.91. The maximum Gasteiger partial charge on any atom is 0.0972 e. The van der Waals surface area contributed by atoms with E-state index in [9.17, 15) is 0 Å². The molecule has 46 valence electrons. The molecule has 0 saturated carbocycles. The third-order valence-electron chi connectivity index (χ3n) is 0.439. The molecule has 0 radical (unpaired) electrons. The molecule has 4 nitrogen and oxygen atoms in total. The van der Waals surface area contributed by atoms with Crippen LogP contribution in [0.15, 0.2) is 0 Å². The lowest BCUT2D eigenvalue weighted by Crippen LogP contribution is -2.08. The highest BCUT2D eigenvalue weighted by Gasteiger charge is 1.81. The van der Waals surface area contributed by atoms with Gasteiger partial charge in [0.1, 0.15) is 0 Å². The van der Waals surface area contributed by atoms with E-state index in [-0.39, 0.29) is 0 Å². The number of nitriles is 1. The van der Waals surface area contributed by atoms with Crippen LogP contribution in [0.1, 0.15) is 6.42 Å². The third kappa shape index (κ3) is 5.37. The summed E-state index contributed by atoms with van der Waals surface area (Å²) in [6, 6.07) is 1.89. The molecule has 0 amide bonds. The molecule has 0 bridgehead atoms. The van der Waals surface area contributed by atoms with Crippen LogP contribution in [-0.4, -0.2) is 13.7 Å². The van der Waals surface area contributed by atoms with Crippen LogP contribution in [0.3, 0.4) is 0 Å². The molecule has 8 heavy (non-hydrogen) atoms. The van der Waals surface area contributed by atoms with Crippen molar-refractivity contribution in [3.8, 4) is 6.07 Å². The van der Waals surface area contributed by atoms with Crippen LogP contribution in [0.5, 0.6) is 0 Å². The largest absolute Gasteiger partial charge is 0.217 e. The SMILES string of the molecule is CNOOCCC#N. The average molecular weight is 116 g/mol. The standard InChI is InChI=1S/C4H8N2O2/c1-6-8-7-4-2-3-5/h6H,2,4H2,1H3. The van der Waals surface area contributed by atoms with Gasteiger partial charge in [-0.05, 0) is 0 Å². The van der Waals surface area contributed by atoms with Gasteiger partial charge in [0.15, 0.2) is 0 Å². The lowest BCUT2D eigenvalue weighted by molar-refractivity contribution is -0.330. The zero-order valence-electron chi connectivity index (χ0n) is 4.68. The van der Waals surface area contributed by atoms with E-state index in [0.717, 1.165) is 0 Å². The van der Waals surface area contributed by atoms with Crippen LogP contribution in [-0.2, 0) is 9.88 Å². The van der Waals surface area contributed by atoms with Gasteiger partial charge in [-0.1, -0.05) is 0 Å². The highest BCUT2D eigenvalue weighted by atomic mass is 17.3. The summed E-state index contributed by atoms with van der Waals surface area (Å²) >= 11 is 0. The van der Waals surface area contributed by atoms with Gasteiger partial charge in [0.2, 0.25) is 0 Å². The Kier molecular flexibility index (Phi) is 5.87. The normalized spacial score (nSPS) is 8.50. The number of hydrogen-bond acceptors (Lipinski definition) is 4. The van der Waals surface area contributed by atoms with Gasteiger partial charge in [-0.15, -0.1) is 4.99 Å². The molecule has 0 heterocycles. The molecule has 4 heteroatoms. The van der Waals surface area contributed by atoms with Crippen LogP contribution in [0.2, 0.25) is 0 Å². The summed E-state index contributed by atoms with van der Waals surface area (Å²) in [5, 5.41) is 7.96. The van der Waals surface area contributed by atoms with Gasteiger partial charge in [-0.3, -0.25) is 0 Å². The summed E-state index contributed by atoms with van der Waals surface area (Å²) in [7, 11) is 1.58. The molecule has 0 spiro atoms. The molecule has 0 saturated heterocycles. The van der Waals surface area contributed by atoms with Crippen LogP contribution in [0, 0.1) is 11.3 Å². The average Bonchev–Trinajstić information content (AvgIpc) is 1.81. The quantitative estimate of drug-likeness (QED) is 0.318. The molecular formula is C4H8N2O2. The number of nitrogens with one attached hydrogen (secondary N) is 1. The summed E-state index contributed by atoms with van der Waals surface area (Å²) in [6.07, 6.45) is 0.349. The van der Waals surface area contributed by atoms with Crippen molar-refractivity contribution in [2.75, 3.05) is 13.7 Å². The first-order valence-corrected chi connectivity index (χ1v) is 2.24. The topological polar surface area (TPSA) is 54.3 Å². The number of rotatable bonds is 4.